The highest BCUT2D eigenvalue weighted by molar-refractivity contribution is 5.79. The monoisotopic (exact) mass is 269 g/mol. The van der Waals surface area contributed by atoms with Gasteiger partial charge in [-0.3, -0.25) is 4.79 Å². The summed E-state index contributed by atoms with van der Waals surface area (Å²) in [6.45, 7) is 2.15. The van der Waals surface area contributed by atoms with E-state index < -0.39 is 5.54 Å². The van der Waals surface area contributed by atoms with Crippen LogP contribution in [0, 0.1) is 5.92 Å². The molecule has 2 aliphatic rings. The average Bonchev–Trinajstić information content (AvgIpc) is 2.42. The van der Waals surface area contributed by atoms with E-state index in [4.69, 9.17) is 5.73 Å². The molecule has 0 atom stereocenters. The second kappa shape index (κ2) is 6.20. The second-order valence-electron chi connectivity index (χ2n) is 6.38. The number of aliphatic hydroxyl groups excluding tert-OH is 1. The maximum atomic E-state index is 12.2. The number of hydrogen-bond donors (Lipinski definition) is 3. The molecule has 4 N–H and O–H groups in total. The first kappa shape index (κ1) is 14.8. The number of hydrogen-bond acceptors (Lipinski definition) is 4. The van der Waals surface area contributed by atoms with Crippen molar-refractivity contribution >= 4 is 5.91 Å². The first-order chi connectivity index (χ1) is 9.02. The molecule has 19 heavy (non-hydrogen) atoms. The Balaban J connectivity index is 1.75. The molecule has 0 spiro atoms. The summed E-state index contributed by atoms with van der Waals surface area (Å²) in [5, 5.41) is 12.4. The van der Waals surface area contributed by atoms with Crippen molar-refractivity contribution in [3.8, 4) is 0 Å². The van der Waals surface area contributed by atoms with Crippen molar-refractivity contribution in [3.63, 3.8) is 0 Å². The molecule has 0 radical (unpaired) electrons. The summed E-state index contributed by atoms with van der Waals surface area (Å²) in [7, 11) is 2.12. The highest BCUT2D eigenvalue weighted by Gasteiger charge is 2.34. The third kappa shape index (κ3) is 3.91. The van der Waals surface area contributed by atoms with Gasteiger partial charge in [0.25, 0.3) is 0 Å². The number of nitrogens with two attached hydrogens (primary N) is 1. The number of nitrogens with one attached hydrogen (secondary N) is 1. The molecule has 0 aromatic heterocycles. The van der Waals surface area contributed by atoms with Gasteiger partial charge in [-0.15, -0.1) is 0 Å². The largest absolute Gasteiger partial charge is 0.394 e. The Morgan fingerprint density at radius 3 is 2.42 bits per heavy atom. The maximum Gasteiger partial charge on any atom is 0.223 e. The highest BCUT2D eigenvalue weighted by Crippen LogP contribution is 2.30. The average molecular weight is 269 g/mol. The summed E-state index contributed by atoms with van der Waals surface area (Å²) in [5.41, 5.74) is 5.58. The smallest absolute Gasteiger partial charge is 0.223 e. The fraction of sp³-hybridized carbons (Fsp3) is 0.929. The minimum atomic E-state index is -0.454. The van der Waals surface area contributed by atoms with E-state index in [1.807, 2.05) is 0 Å². The molecule has 1 aliphatic carbocycles. The predicted octanol–water partition coefficient (Wildman–Crippen LogP) is 0.0768. The highest BCUT2D eigenvalue weighted by atomic mass is 16.3. The molecular formula is C14H27N3O2. The molecule has 2 rings (SSSR count). The van der Waals surface area contributed by atoms with Crippen LogP contribution >= 0.6 is 0 Å². The van der Waals surface area contributed by atoms with E-state index in [1.54, 1.807) is 0 Å². The molecule has 1 aliphatic heterocycles. The van der Waals surface area contributed by atoms with Gasteiger partial charge in [0.15, 0.2) is 0 Å². The number of carbonyl (C=O) groups is 1. The third-order valence-corrected chi connectivity index (χ3v) is 4.73. The predicted molar refractivity (Wildman–Crippen MR) is 74.6 cm³/mol. The first-order valence-electron chi connectivity index (χ1n) is 7.41. The summed E-state index contributed by atoms with van der Waals surface area (Å²) < 4.78 is 0. The van der Waals surface area contributed by atoms with Gasteiger partial charge < -0.3 is 21.1 Å². The molecule has 1 amide bonds. The summed E-state index contributed by atoms with van der Waals surface area (Å²) in [6, 6.07) is 0.339. The van der Waals surface area contributed by atoms with Gasteiger partial charge in [-0.2, -0.15) is 0 Å². The van der Waals surface area contributed by atoms with E-state index >= 15 is 0 Å². The van der Waals surface area contributed by atoms with Crippen LogP contribution in [-0.2, 0) is 4.79 Å². The molecule has 2 fully saturated rings. The van der Waals surface area contributed by atoms with Crippen molar-refractivity contribution in [2.45, 2.75) is 50.1 Å². The van der Waals surface area contributed by atoms with Crippen LogP contribution in [0.1, 0.15) is 38.5 Å². The zero-order valence-corrected chi connectivity index (χ0v) is 11.9. The fourth-order valence-corrected chi connectivity index (χ4v) is 3.08. The van der Waals surface area contributed by atoms with Gasteiger partial charge in [0.2, 0.25) is 5.91 Å². The second-order valence-corrected chi connectivity index (χ2v) is 6.38. The molecular weight excluding hydrogens is 242 g/mol. The molecule has 1 saturated heterocycles. The van der Waals surface area contributed by atoms with E-state index in [-0.39, 0.29) is 18.4 Å². The normalized spacial score (nSPS) is 34.2. The van der Waals surface area contributed by atoms with Crippen LogP contribution in [0.4, 0.5) is 0 Å². The molecule has 110 valence electrons. The first-order valence-corrected chi connectivity index (χ1v) is 7.41. The summed E-state index contributed by atoms with van der Waals surface area (Å²) in [5.74, 6) is 0.275. The van der Waals surface area contributed by atoms with E-state index in [2.05, 4.69) is 17.3 Å². The van der Waals surface area contributed by atoms with Gasteiger partial charge in [-0.1, -0.05) is 0 Å². The Hall–Kier alpha value is -0.650. The van der Waals surface area contributed by atoms with Crippen LogP contribution in [-0.4, -0.2) is 54.2 Å². The number of carbonyl (C=O) groups excluding carboxylic acids is 1. The zero-order valence-electron chi connectivity index (χ0n) is 11.9. The lowest BCUT2D eigenvalue weighted by Gasteiger charge is -2.36. The third-order valence-electron chi connectivity index (χ3n) is 4.73. The van der Waals surface area contributed by atoms with Crippen molar-refractivity contribution in [3.05, 3.63) is 0 Å². The van der Waals surface area contributed by atoms with E-state index in [1.165, 1.54) is 0 Å². The number of nitrogens with zero attached hydrogens (tertiary/aromatic N) is 1. The Kier molecular flexibility index (Phi) is 4.81. The van der Waals surface area contributed by atoms with Crippen LogP contribution in [0.2, 0.25) is 0 Å². The molecule has 1 saturated carbocycles. The van der Waals surface area contributed by atoms with E-state index in [0.717, 1.165) is 51.6 Å². The quantitative estimate of drug-likeness (QED) is 0.678. The Labute approximate surface area is 115 Å². The lowest BCUT2D eigenvalue weighted by molar-refractivity contribution is -0.127. The Bertz CT molecular complexity index is 306. The summed E-state index contributed by atoms with van der Waals surface area (Å²) in [6.07, 6.45) is 5.19. The van der Waals surface area contributed by atoms with Crippen molar-refractivity contribution < 1.29 is 9.90 Å². The minimum absolute atomic E-state index is 0.0241. The summed E-state index contributed by atoms with van der Waals surface area (Å²) >= 11 is 0. The Morgan fingerprint density at radius 1 is 1.32 bits per heavy atom. The van der Waals surface area contributed by atoms with Gasteiger partial charge in [0.1, 0.15) is 0 Å². The van der Waals surface area contributed by atoms with Crippen molar-refractivity contribution in [1.82, 2.24) is 10.2 Å². The fourth-order valence-electron chi connectivity index (χ4n) is 3.08. The number of rotatable bonds is 3. The molecule has 5 nitrogen and oxygen atoms in total. The van der Waals surface area contributed by atoms with Crippen LogP contribution in [0.25, 0.3) is 0 Å². The van der Waals surface area contributed by atoms with Gasteiger partial charge in [0, 0.05) is 17.5 Å². The van der Waals surface area contributed by atoms with Crippen LogP contribution in [0.5, 0.6) is 0 Å². The van der Waals surface area contributed by atoms with E-state index in [9.17, 15) is 9.90 Å². The van der Waals surface area contributed by atoms with Gasteiger partial charge >= 0.3 is 0 Å². The minimum Gasteiger partial charge on any atom is -0.394 e. The molecule has 0 aromatic rings. The topological polar surface area (TPSA) is 78.6 Å². The molecule has 5 heteroatoms. The number of aliphatic hydroxyl groups is 1. The molecule has 0 aromatic carbocycles. The van der Waals surface area contributed by atoms with Crippen LogP contribution in [0.15, 0.2) is 0 Å². The standard InChI is InChI=1S/C14H27N3O2/c1-17-8-4-12(5-9-17)16-13(19)11-2-6-14(15,10-18)7-3-11/h11-12,18H,2-10,15H2,1H3,(H,16,19). The molecule has 0 bridgehead atoms. The summed E-state index contributed by atoms with van der Waals surface area (Å²) in [4.78, 5) is 14.5. The Morgan fingerprint density at radius 2 is 1.89 bits per heavy atom. The van der Waals surface area contributed by atoms with Crippen LogP contribution in [0.3, 0.4) is 0 Å². The van der Waals surface area contributed by atoms with Crippen molar-refractivity contribution in [1.29, 1.82) is 0 Å². The maximum absolute atomic E-state index is 12.2. The van der Waals surface area contributed by atoms with Crippen LogP contribution < -0.4 is 11.1 Å². The van der Waals surface area contributed by atoms with Crippen molar-refractivity contribution in [2.75, 3.05) is 26.7 Å². The van der Waals surface area contributed by atoms with E-state index in [0.29, 0.717) is 6.04 Å². The lowest BCUT2D eigenvalue weighted by Crippen LogP contribution is -2.50. The van der Waals surface area contributed by atoms with Crippen molar-refractivity contribution in [2.24, 2.45) is 11.7 Å². The lowest BCUT2D eigenvalue weighted by atomic mass is 9.77. The molecule has 1 heterocycles. The SMILES string of the molecule is CN1CCC(NC(=O)C2CCC(N)(CO)CC2)CC1. The van der Waals surface area contributed by atoms with Gasteiger partial charge in [0.05, 0.1) is 6.61 Å². The molecule has 0 unspecified atom stereocenters. The number of amides is 1. The van der Waals surface area contributed by atoms with Gasteiger partial charge in [-0.25, -0.2) is 0 Å². The number of likely N-dealkylation sites (tertiary alicyclic amines) is 1. The number of piperidine rings is 1. The van der Waals surface area contributed by atoms with Gasteiger partial charge in [-0.05, 0) is 58.7 Å². The zero-order chi connectivity index (χ0) is 13.9.